The number of carbonyl (C=O) groups excluding carboxylic acids is 1. The Morgan fingerprint density at radius 1 is 1.05 bits per heavy atom. The molecule has 2 aromatic rings. The summed E-state index contributed by atoms with van der Waals surface area (Å²) in [7, 11) is 0. The zero-order valence-corrected chi connectivity index (χ0v) is 11.9. The van der Waals surface area contributed by atoms with E-state index in [9.17, 15) is 4.79 Å². The summed E-state index contributed by atoms with van der Waals surface area (Å²) in [5, 5.41) is 0. The molecule has 106 valence electrons. The molecule has 0 bridgehead atoms. The Bertz CT molecular complexity index is 625. The number of aromatic nitrogens is 1. The maximum absolute atomic E-state index is 12.3. The van der Waals surface area contributed by atoms with Crippen LogP contribution in [-0.2, 0) is 0 Å². The number of benzene rings is 1. The van der Waals surface area contributed by atoms with E-state index in [0.29, 0.717) is 5.56 Å². The maximum Gasteiger partial charge on any atom is 0.255 e. The van der Waals surface area contributed by atoms with Crippen LogP contribution in [0.1, 0.15) is 28.8 Å². The molecule has 0 atom stereocenters. The number of piperidine rings is 1. The molecule has 3 rings (SSSR count). The van der Waals surface area contributed by atoms with Gasteiger partial charge in [0.1, 0.15) is 0 Å². The quantitative estimate of drug-likeness (QED) is 0.843. The Morgan fingerprint density at radius 2 is 1.81 bits per heavy atom. The van der Waals surface area contributed by atoms with Crippen molar-refractivity contribution < 1.29 is 4.79 Å². The number of nitrogens with zero attached hydrogens (tertiary/aromatic N) is 2. The van der Waals surface area contributed by atoms with Gasteiger partial charge in [0.05, 0.1) is 5.56 Å². The average Bonchev–Trinajstić information content (AvgIpc) is 2.57. The summed E-state index contributed by atoms with van der Waals surface area (Å²) in [5.74, 6) is 0.0851. The highest BCUT2D eigenvalue weighted by Gasteiger charge is 2.20. The molecular weight excluding hydrogens is 260 g/mol. The van der Waals surface area contributed by atoms with E-state index in [1.807, 2.05) is 29.2 Å². The number of hydrogen-bond acceptors (Lipinski definition) is 2. The third-order valence-corrected chi connectivity index (χ3v) is 3.77. The first-order valence-electron chi connectivity index (χ1n) is 7.27. The number of pyridine rings is 1. The minimum Gasteiger partial charge on any atom is -0.338 e. The first-order valence-corrected chi connectivity index (χ1v) is 7.27. The maximum atomic E-state index is 12.3. The van der Waals surface area contributed by atoms with E-state index in [-0.39, 0.29) is 5.91 Å². The molecule has 1 amide bonds. The van der Waals surface area contributed by atoms with Gasteiger partial charge < -0.3 is 4.90 Å². The summed E-state index contributed by atoms with van der Waals surface area (Å²) in [6, 6.07) is 14.0. The fourth-order valence-corrected chi connectivity index (χ4v) is 2.60. The van der Waals surface area contributed by atoms with Gasteiger partial charge in [0.25, 0.3) is 5.91 Å². The third kappa shape index (κ3) is 3.37. The second-order valence-corrected chi connectivity index (χ2v) is 5.25. The van der Waals surface area contributed by atoms with Crippen LogP contribution in [-0.4, -0.2) is 28.9 Å². The van der Waals surface area contributed by atoms with Crippen molar-refractivity contribution in [3.63, 3.8) is 0 Å². The molecule has 3 nitrogen and oxygen atoms in total. The zero-order chi connectivity index (χ0) is 14.5. The highest BCUT2D eigenvalue weighted by molar-refractivity contribution is 5.94. The summed E-state index contributed by atoms with van der Waals surface area (Å²) in [6.07, 6.45) is 7.46. The van der Waals surface area contributed by atoms with Gasteiger partial charge in [0, 0.05) is 25.5 Å². The van der Waals surface area contributed by atoms with Crippen LogP contribution in [0.5, 0.6) is 0 Å². The monoisotopic (exact) mass is 278 g/mol. The van der Waals surface area contributed by atoms with Crippen molar-refractivity contribution >= 4 is 12.0 Å². The Hall–Kier alpha value is -2.42. The van der Waals surface area contributed by atoms with E-state index in [1.165, 1.54) is 11.1 Å². The first-order chi connectivity index (χ1) is 10.3. The molecule has 0 saturated carbocycles. The lowest BCUT2D eigenvalue weighted by Gasteiger charge is -2.28. The third-order valence-electron chi connectivity index (χ3n) is 3.77. The molecule has 2 heterocycles. The Morgan fingerprint density at radius 3 is 2.48 bits per heavy atom. The van der Waals surface area contributed by atoms with Gasteiger partial charge in [-0.15, -0.1) is 0 Å². The van der Waals surface area contributed by atoms with E-state index < -0.39 is 0 Å². The van der Waals surface area contributed by atoms with Crippen LogP contribution in [0.3, 0.4) is 0 Å². The van der Waals surface area contributed by atoms with Crippen LogP contribution >= 0.6 is 0 Å². The molecule has 1 aliphatic rings. The second-order valence-electron chi connectivity index (χ2n) is 5.25. The van der Waals surface area contributed by atoms with Crippen molar-refractivity contribution in [2.75, 3.05) is 13.1 Å². The molecule has 0 spiro atoms. The van der Waals surface area contributed by atoms with Crippen LogP contribution in [0.2, 0.25) is 0 Å². The fraction of sp³-hybridized carbons (Fsp3) is 0.222. The lowest BCUT2D eigenvalue weighted by Crippen LogP contribution is -2.36. The number of rotatable bonds is 2. The number of hydrogen-bond donors (Lipinski definition) is 0. The minimum absolute atomic E-state index is 0.0851. The fourth-order valence-electron chi connectivity index (χ4n) is 2.60. The molecule has 0 aliphatic carbocycles. The molecule has 1 aromatic carbocycles. The van der Waals surface area contributed by atoms with E-state index >= 15 is 0 Å². The van der Waals surface area contributed by atoms with Crippen LogP contribution in [0.4, 0.5) is 0 Å². The predicted octanol–water partition coefficient (Wildman–Crippen LogP) is 3.40. The highest BCUT2D eigenvalue weighted by Crippen LogP contribution is 2.20. The smallest absolute Gasteiger partial charge is 0.255 e. The molecular formula is C18H18N2O. The van der Waals surface area contributed by atoms with Gasteiger partial charge in [0.2, 0.25) is 0 Å². The van der Waals surface area contributed by atoms with Crippen molar-refractivity contribution in [2.24, 2.45) is 0 Å². The summed E-state index contributed by atoms with van der Waals surface area (Å²) < 4.78 is 0. The molecule has 1 aliphatic heterocycles. The second kappa shape index (κ2) is 6.35. The Balaban J connectivity index is 1.63. The van der Waals surface area contributed by atoms with Gasteiger partial charge in [0.15, 0.2) is 0 Å². The molecule has 1 fully saturated rings. The summed E-state index contributed by atoms with van der Waals surface area (Å²) in [6.45, 7) is 1.57. The Labute approximate surface area is 124 Å². The van der Waals surface area contributed by atoms with Gasteiger partial charge >= 0.3 is 0 Å². The molecule has 0 unspecified atom stereocenters. The van der Waals surface area contributed by atoms with Crippen LogP contribution in [0, 0.1) is 0 Å². The Kier molecular flexibility index (Phi) is 4.10. The van der Waals surface area contributed by atoms with Gasteiger partial charge in [-0.3, -0.25) is 9.78 Å². The molecule has 1 aromatic heterocycles. The topological polar surface area (TPSA) is 33.2 Å². The number of carbonyl (C=O) groups is 1. The number of amides is 1. The molecule has 0 N–H and O–H groups in total. The van der Waals surface area contributed by atoms with Gasteiger partial charge in [-0.25, -0.2) is 0 Å². The van der Waals surface area contributed by atoms with Crippen LogP contribution in [0.25, 0.3) is 6.08 Å². The average molecular weight is 278 g/mol. The molecule has 0 radical (unpaired) electrons. The molecule has 21 heavy (non-hydrogen) atoms. The highest BCUT2D eigenvalue weighted by atomic mass is 16.2. The van der Waals surface area contributed by atoms with Gasteiger partial charge in [-0.2, -0.15) is 0 Å². The van der Waals surface area contributed by atoms with Crippen molar-refractivity contribution in [1.82, 2.24) is 9.88 Å². The van der Waals surface area contributed by atoms with Crippen molar-refractivity contribution in [3.05, 3.63) is 71.6 Å². The predicted molar refractivity (Wildman–Crippen MR) is 83.8 cm³/mol. The summed E-state index contributed by atoms with van der Waals surface area (Å²) >= 11 is 0. The lowest BCUT2D eigenvalue weighted by molar-refractivity contribution is 0.0743. The van der Waals surface area contributed by atoms with Crippen LogP contribution < -0.4 is 0 Å². The number of likely N-dealkylation sites (tertiary alicyclic amines) is 1. The molecule has 3 heteroatoms. The van der Waals surface area contributed by atoms with Crippen LogP contribution in [0.15, 0.2) is 60.4 Å². The normalized spacial score (nSPS) is 14.9. The zero-order valence-electron chi connectivity index (χ0n) is 11.9. The summed E-state index contributed by atoms with van der Waals surface area (Å²) in [4.78, 5) is 18.3. The van der Waals surface area contributed by atoms with Crippen molar-refractivity contribution in [1.29, 1.82) is 0 Å². The van der Waals surface area contributed by atoms with Gasteiger partial charge in [-0.05, 0) is 30.5 Å². The minimum atomic E-state index is 0.0851. The van der Waals surface area contributed by atoms with E-state index in [0.717, 1.165) is 25.9 Å². The van der Waals surface area contributed by atoms with Gasteiger partial charge in [-0.1, -0.05) is 42.0 Å². The van der Waals surface area contributed by atoms with Crippen molar-refractivity contribution in [2.45, 2.75) is 12.8 Å². The summed E-state index contributed by atoms with van der Waals surface area (Å²) in [5.41, 5.74) is 3.32. The van der Waals surface area contributed by atoms with E-state index in [4.69, 9.17) is 0 Å². The molecule has 1 saturated heterocycles. The van der Waals surface area contributed by atoms with E-state index in [1.54, 1.807) is 18.5 Å². The standard InChI is InChI=1S/C18H18N2O/c21-18(17-7-4-10-19-14-17)20-11-8-16(9-12-20)13-15-5-2-1-3-6-15/h1-7,10,13-14H,8-9,11-12H2. The first kappa shape index (κ1) is 13.6. The SMILES string of the molecule is O=C(c1cccnc1)N1CCC(=Cc2ccccc2)CC1. The lowest BCUT2D eigenvalue weighted by atomic mass is 10.0. The van der Waals surface area contributed by atoms with Crippen molar-refractivity contribution in [3.8, 4) is 0 Å². The van der Waals surface area contributed by atoms with E-state index in [2.05, 4.69) is 23.2 Å². The largest absolute Gasteiger partial charge is 0.338 e.